The van der Waals surface area contributed by atoms with Gasteiger partial charge in [0.1, 0.15) is 0 Å². The van der Waals surface area contributed by atoms with Crippen molar-refractivity contribution in [3.63, 3.8) is 0 Å². The van der Waals surface area contributed by atoms with Crippen molar-refractivity contribution in [1.82, 2.24) is 0 Å². The maximum Gasteiger partial charge on any atom is 0.269 e. The summed E-state index contributed by atoms with van der Waals surface area (Å²) in [4.78, 5) is 10.2. The number of non-ortho nitro benzene ring substituents is 1. The van der Waals surface area contributed by atoms with Crippen LogP contribution in [0.3, 0.4) is 0 Å². The van der Waals surface area contributed by atoms with Crippen molar-refractivity contribution in [2.24, 2.45) is 5.92 Å². The molecule has 0 aliphatic rings. The van der Waals surface area contributed by atoms with Crippen LogP contribution in [-0.4, -0.2) is 23.5 Å². The van der Waals surface area contributed by atoms with Gasteiger partial charge in [-0.2, -0.15) is 11.8 Å². The molecule has 0 saturated carbocycles. The molecule has 0 amide bonds. The van der Waals surface area contributed by atoms with E-state index in [1.807, 2.05) is 18.7 Å². The van der Waals surface area contributed by atoms with Crippen molar-refractivity contribution in [2.75, 3.05) is 23.9 Å². The normalized spacial score (nSPS) is 12.2. The standard InChI is InChI=1S/C12H18N2O2S/c1-9(8-17-3)7-13-12-5-4-11(14(15)16)6-10(12)2/h4-6,9,13H,7-8H2,1-3H3. The van der Waals surface area contributed by atoms with Crippen molar-refractivity contribution in [1.29, 1.82) is 0 Å². The summed E-state index contributed by atoms with van der Waals surface area (Å²) in [5.74, 6) is 1.69. The third-order valence-electron chi connectivity index (χ3n) is 2.51. The van der Waals surface area contributed by atoms with Crippen molar-refractivity contribution < 1.29 is 4.92 Å². The lowest BCUT2D eigenvalue weighted by molar-refractivity contribution is -0.384. The van der Waals surface area contributed by atoms with Crippen molar-refractivity contribution in [2.45, 2.75) is 13.8 Å². The highest BCUT2D eigenvalue weighted by Crippen LogP contribution is 2.21. The lowest BCUT2D eigenvalue weighted by Crippen LogP contribution is -2.13. The Labute approximate surface area is 106 Å². The van der Waals surface area contributed by atoms with Gasteiger partial charge >= 0.3 is 0 Å². The van der Waals surface area contributed by atoms with Gasteiger partial charge in [-0.05, 0) is 36.5 Å². The summed E-state index contributed by atoms with van der Waals surface area (Å²) in [7, 11) is 0. The topological polar surface area (TPSA) is 55.2 Å². The second-order valence-electron chi connectivity index (χ2n) is 4.20. The SMILES string of the molecule is CSCC(C)CNc1ccc([N+](=O)[O-])cc1C. The highest BCUT2D eigenvalue weighted by atomic mass is 32.2. The van der Waals surface area contributed by atoms with E-state index in [-0.39, 0.29) is 10.6 Å². The number of nitro groups is 1. The molecular formula is C12H18N2O2S. The number of hydrogen-bond acceptors (Lipinski definition) is 4. The van der Waals surface area contributed by atoms with Gasteiger partial charge in [0.25, 0.3) is 5.69 Å². The summed E-state index contributed by atoms with van der Waals surface area (Å²) < 4.78 is 0. The van der Waals surface area contributed by atoms with Gasteiger partial charge in [0.2, 0.25) is 0 Å². The zero-order chi connectivity index (χ0) is 12.8. The average molecular weight is 254 g/mol. The molecule has 17 heavy (non-hydrogen) atoms. The Morgan fingerprint density at radius 2 is 2.24 bits per heavy atom. The lowest BCUT2D eigenvalue weighted by Gasteiger charge is -2.13. The molecule has 0 bridgehead atoms. The molecule has 1 aromatic carbocycles. The van der Waals surface area contributed by atoms with Crippen LogP contribution in [0, 0.1) is 23.0 Å². The van der Waals surface area contributed by atoms with Crippen LogP contribution >= 0.6 is 11.8 Å². The van der Waals surface area contributed by atoms with Gasteiger partial charge in [0.15, 0.2) is 0 Å². The predicted molar refractivity (Wildman–Crippen MR) is 73.9 cm³/mol. The fraction of sp³-hybridized carbons (Fsp3) is 0.500. The number of benzene rings is 1. The molecule has 0 aliphatic heterocycles. The highest BCUT2D eigenvalue weighted by Gasteiger charge is 2.08. The Morgan fingerprint density at radius 3 is 2.76 bits per heavy atom. The molecule has 0 saturated heterocycles. The van der Waals surface area contributed by atoms with Crippen LogP contribution in [-0.2, 0) is 0 Å². The largest absolute Gasteiger partial charge is 0.385 e. The Kier molecular flexibility index (Phi) is 5.28. The van der Waals surface area contributed by atoms with E-state index in [0.29, 0.717) is 5.92 Å². The summed E-state index contributed by atoms with van der Waals surface area (Å²) in [5.41, 5.74) is 2.03. The lowest BCUT2D eigenvalue weighted by atomic mass is 10.1. The van der Waals surface area contributed by atoms with E-state index in [1.54, 1.807) is 12.1 Å². The number of nitrogens with one attached hydrogen (secondary N) is 1. The van der Waals surface area contributed by atoms with Gasteiger partial charge in [-0.25, -0.2) is 0 Å². The van der Waals surface area contributed by atoms with Crippen LogP contribution in [0.5, 0.6) is 0 Å². The first-order valence-corrected chi connectivity index (χ1v) is 6.91. The molecule has 0 aromatic heterocycles. The molecule has 5 heteroatoms. The molecule has 1 aromatic rings. The molecule has 94 valence electrons. The number of hydrogen-bond donors (Lipinski definition) is 1. The zero-order valence-electron chi connectivity index (χ0n) is 10.4. The van der Waals surface area contributed by atoms with E-state index in [1.165, 1.54) is 6.07 Å². The van der Waals surface area contributed by atoms with E-state index in [0.717, 1.165) is 23.5 Å². The quantitative estimate of drug-likeness (QED) is 0.625. The smallest absolute Gasteiger partial charge is 0.269 e. The van der Waals surface area contributed by atoms with E-state index in [2.05, 4.69) is 18.5 Å². The van der Waals surface area contributed by atoms with Crippen LogP contribution in [0.15, 0.2) is 18.2 Å². The molecule has 0 heterocycles. The van der Waals surface area contributed by atoms with Gasteiger partial charge < -0.3 is 5.32 Å². The Bertz CT molecular complexity index is 396. The first-order chi connectivity index (χ1) is 8.04. The summed E-state index contributed by atoms with van der Waals surface area (Å²) in [6.07, 6.45) is 2.09. The number of nitrogens with zero attached hydrogens (tertiary/aromatic N) is 1. The number of aryl methyl sites for hydroxylation is 1. The molecule has 1 unspecified atom stereocenters. The summed E-state index contributed by atoms with van der Waals surface area (Å²) in [6, 6.07) is 4.91. The molecule has 0 aliphatic carbocycles. The molecule has 0 fully saturated rings. The molecule has 1 N–H and O–H groups in total. The van der Waals surface area contributed by atoms with Crippen molar-refractivity contribution in [3.05, 3.63) is 33.9 Å². The second kappa shape index (κ2) is 6.49. The van der Waals surface area contributed by atoms with Crippen molar-refractivity contribution in [3.8, 4) is 0 Å². The molecule has 1 rings (SSSR count). The molecular weight excluding hydrogens is 236 g/mol. The van der Waals surface area contributed by atoms with Gasteiger partial charge in [-0.3, -0.25) is 10.1 Å². The van der Waals surface area contributed by atoms with Crippen molar-refractivity contribution >= 4 is 23.1 Å². The van der Waals surface area contributed by atoms with Crippen LogP contribution in [0.2, 0.25) is 0 Å². The highest BCUT2D eigenvalue weighted by molar-refractivity contribution is 7.98. The number of rotatable bonds is 6. The Balaban J connectivity index is 2.63. The Hall–Kier alpha value is -1.23. The monoisotopic (exact) mass is 254 g/mol. The molecule has 0 spiro atoms. The zero-order valence-corrected chi connectivity index (χ0v) is 11.2. The van der Waals surface area contributed by atoms with E-state index in [9.17, 15) is 10.1 Å². The van der Waals surface area contributed by atoms with Gasteiger partial charge in [-0.1, -0.05) is 6.92 Å². The third kappa shape index (κ3) is 4.26. The number of anilines is 1. The summed E-state index contributed by atoms with van der Waals surface area (Å²) in [5, 5.41) is 13.9. The molecule has 0 radical (unpaired) electrons. The second-order valence-corrected chi connectivity index (χ2v) is 5.11. The van der Waals surface area contributed by atoms with Gasteiger partial charge in [0.05, 0.1) is 4.92 Å². The van der Waals surface area contributed by atoms with Crippen LogP contribution < -0.4 is 5.32 Å². The first kappa shape index (κ1) is 13.8. The Morgan fingerprint density at radius 1 is 1.53 bits per heavy atom. The maximum absolute atomic E-state index is 10.6. The molecule has 1 atom stereocenters. The average Bonchev–Trinajstić information content (AvgIpc) is 2.27. The minimum atomic E-state index is -0.368. The fourth-order valence-electron chi connectivity index (χ4n) is 1.59. The van der Waals surface area contributed by atoms with Gasteiger partial charge in [-0.15, -0.1) is 0 Å². The number of nitro benzene ring substituents is 1. The third-order valence-corrected chi connectivity index (χ3v) is 3.42. The van der Waals surface area contributed by atoms with Gasteiger partial charge in [0, 0.05) is 24.4 Å². The summed E-state index contributed by atoms with van der Waals surface area (Å²) >= 11 is 1.83. The van der Waals surface area contributed by atoms with E-state index in [4.69, 9.17) is 0 Å². The predicted octanol–water partition coefficient (Wildman–Crippen LogP) is 3.31. The minimum Gasteiger partial charge on any atom is -0.385 e. The fourth-order valence-corrected chi connectivity index (χ4v) is 2.27. The van der Waals surface area contributed by atoms with E-state index < -0.39 is 0 Å². The van der Waals surface area contributed by atoms with E-state index >= 15 is 0 Å². The van der Waals surface area contributed by atoms with Crippen LogP contribution in [0.1, 0.15) is 12.5 Å². The number of thioether (sulfide) groups is 1. The first-order valence-electron chi connectivity index (χ1n) is 5.52. The van der Waals surface area contributed by atoms with Crippen LogP contribution in [0.25, 0.3) is 0 Å². The molecule has 4 nitrogen and oxygen atoms in total. The minimum absolute atomic E-state index is 0.144. The summed E-state index contributed by atoms with van der Waals surface area (Å²) in [6.45, 7) is 4.96. The van der Waals surface area contributed by atoms with Crippen LogP contribution in [0.4, 0.5) is 11.4 Å². The maximum atomic E-state index is 10.6.